The summed E-state index contributed by atoms with van der Waals surface area (Å²) >= 11 is 3.48. The van der Waals surface area contributed by atoms with E-state index in [2.05, 4.69) is 26.4 Å². The van der Waals surface area contributed by atoms with Gasteiger partial charge in [-0.3, -0.25) is 4.79 Å². The van der Waals surface area contributed by atoms with E-state index in [0.717, 1.165) is 21.3 Å². The summed E-state index contributed by atoms with van der Waals surface area (Å²) in [6.07, 6.45) is 1.23. The minimum Gasteiger partial charge on any atom is -0.409 e. The number of oxime groups is 1. The normalized spacial score (nSPS) is 17.1. The summed E-state index contributed by atoms with van der Waals surface area (Å²) in [4.78, 5) is 12.2. The Morgan fingerprint density at radius 1 is 1.42 bits per heavy atom. The van der Waals surface area contributed by atoms with Gasteiger partial charge in [0.05, 0.1) is 0 Å². The molecule has 1 aliphatic rings. The van der Waals surface area contributed by atoms with Gasteiger partial charge in [0.2, 0.25) is 5.91 Å². The third-order valence-corrected chi connectivity index (χ3v) is 4.73. The Bertz CT molecular complexity index is 542. The highest BCUT2D eigenvalue weighted by Gasteiger charge is 2.54. The Kier molecular flexibility index (Phi) is 3.54. The zero-order valence-electron chi connectivity index (χ0n) is 10.8. The minimum absolute atomic E-state index is 0.0180. The van der Waals surface area contributed by atoms with Crippen LogP contribution in [0, 0.1) is 19.3 Å². The molecule has 102 valence electrons. The van der Waals surface area contributed by atoms with Crippen molar-refractivity contribution in [2.24, 2.45) is 16.3 Å². The molecule has 0 radical (unpaired) electrons. The highest BCUT2D eigenvalue weighted by molar-refractivity contribution is 9.10. The molecule has 0 bridgehead atoms. The van der Waals surface area contributed by atoms with Crippen LogP contribution in [-0.4, -0.2) is 17.0 Å². The van der Waals surface area contributed by atoms with E-state index >= 15 is 0 Å². The zero-order chi connectivity index (χ0) is 14.2. The predicted octanol–water partition coefficient (Wildman–Crippen LogP) is 2.53. The fourth-order valence-corrected chi connectivity index (χ4v) is 2.32. The molecule has 1 aromatic rings. The number of hydrogen-bond donors (Lipinski definition) is 3. The lowest BCUT2D eigenvalue weighted by atomic mass is 10.0. The van der Waals surface area contributed by atoms with E-state index in [1.54, 1.807) is 0 Å². The zero-order valence-corrected chi connectivity index (χ0v) is 12.4. The van der Waals surface area contributed by atoms with E-state index in [1.807, 2.05) is 26.0 Å². The molecule has 0 heterocycles. The smallest absolute Gasteiger partial charge is 0.238 e. The van der Waals surface area contributed by atoms with Crippen LogP contribution in [0.2, 0.25) is 0 Å². The third-order valence-electron chi connectivity index (χ3n) is 3.48. The number of aryl methyl sites for hydroxylation is 2. The second-order valence-corrected chi connectivity index (χ2v) is 5.74. The van der Waals surface area contributed by atoms with Crippen LogP contribution in [0.4, 0.5) is 5.69 Å². The first-order chi connectivity index (χ1) is 8.90. The molecule has 0 atom stereocenters. The van der Waals surface area contributed by atoms with Crippen molar-refractivity contribution in [1.82, 2.24) is 0 Å². The van der Waals surface area contributed by atoms with Crippen molar-refractivity contribution in [2.75, 3.05) is 5.32 Å². The molecular formula is C13H16BrN3O2. The Morgan fingerprint density at radius 3 is 2.37 bits per heavy atom. The van der Waals surface area contributed by atoms with E-state index in [1.165, 1.54) is 0 Å². The van der Waals surface area contributed by atoms with Gasteiger partial charge < -0.3 is 16.3 Å². The van der Waals surface area contributed by atoms with Crippen molar-refractivity contribution in [1.29, 1.82) is 0 Å². The van der Waals surface area contributed by atoms with Crippen molar-refractivity contribution in [3.63, 3.8) is 0 Å². The first kappa shape index (κ1) is 13.9. The summed E-state index contributed by atoms with van der Waals surface area (Å²) in [5, 5.41) is 14.5. The molecule has 2 rings (SSSR count). The van der Waals surface area contributed by atoms with Crippen LogP contribution >= 0.6 is 15.9 Å². The number of halogens is 1. The fraction of sp³-hybridized carbons (Fsp3) is 0.385. The van der Waals surface area contributed by atoms with Crippen LogP contribution in [0.5, 0.6) is 0 Å². The summed E-state index contributed by atoms with van der Waals surface area (Å²) in [5.74, 6) is -0.237. The van der Waals surface area contributed by atoms with Gasteiger partial charge in [-0.2, -0.15) is 0 Å². The van der Waals surface area contributed by atoms with Crippen LogP contribution in [0.1, 0.15) is 24.0 Å². The first-order valence-electron chi connectivity index (χ1n) is 5.97. The molecule has 1 aliphatic carbocycles. The average molecular weight is 326 g/mol. The topological polar surface area (TPSA) is 87.7 Å². The quantitative estimate of drug-likeness (QED) is 0.345. The van der Waals surface area contributed by atoms with Crippen LogP contribution in [-0.2, 0) is 4.79 Å². The molecule has 1 aromatic carbocycles. The van der Waals surface area contributed by atoms with E-state index in [9.17, 15) is 4.79 Å². The number of nitrogens with one attached hydrogen (secondary N) is 1. The number of nitrogens with two attached hydrogens (primary N) is 1. The van der Waals surface area contributed by atoms with Gasteiger partial charge in [0, 0.05) is 10.2 Å². The number of rotatable bonds is 3. The molecule has 1 fully saturated rings. The molecule has 1 amide bonds. The summed E-state index contributed by atoms with van der Waals surface area (Å²) in [5.41, 5.74) is 7.57. The lowest BCUT2D eigenvalue weighted by Gasteiger charge is -2.15. The van der Waals surface area contributed by atoms with Crippen LogP contribution in [0.3, 0.4) is 0 Å². The molecule has 6 heteroatoms. The number of nitrogens with zero attached hydrogens (tertiary/aromatic N) is 1. The number of anilines is 1. The summed E-state index contributed by atoms with van der Waals surface area (Å²) in [7, 11) is 0. The SMILES string of the molecule is Cc1cc(NC(=O)C2(/C(N)=N/O)CC2)cc(C)c1Br. The van der Waals surface area contributed by atoms with Crippen molar-refractivity contribution < 1.29 is 10.0 Å². The Hall–Kier alpha value is -1.56. The number of carbonyl (C=O) groups excluding carboxylic acids is 1. The standard InChI is InChI=1S/C13H16BrN3O2/c1-7-5-9(6-8(2)10(7)14)16-12(18)13(3-4-13)11(15)17-19/h5-6,19H,3-4H2,1-2H3,(H2,15,17)(H,16,18). The summed E-state index contributed by atoms with van der Waals surface area (Å²) in [6.45, 7) is 3.92. The number of amidine groups is 1. The number of hydrogen-bond acceptors (Lipinski definition) is 3. The maximum atomic E-state index is 12.2. The van der Waals surface area contributed by atoms with Gasteiger partial charge in [-0.25, -0.2) is 0 Å². The van der Waals surface area contributed by atoms with E-state index in [0.29, 0.717) is 12.8 Å². The molecule has 4 N–H and O–H groups in total. The second-order valence-electron chi connectivity index (χ2n) is 4.95. The number of benzene rings is 1. The van der Waals surface area contributed by atoms with Gasteiger partial charge in [-0.15, -0.1) is 0 Å². The predicted molar refractivity (Wildman–Crippen MR) is 77.3 cm³/mol. The second kappa shape index (κ2) is 4.85. The van der Waals surface area contributed by atoms with Crippen molar-refractivity contribution in [2.45, 2.75) is 26.7 Å². The molecule has 5 nitrogen and oxygen atoms in total. The molecule has 0 spiro atoms. The molecule has 0 aromatic heterocycles. The van der Waals surface area contributed by atoms with Crippen molar-refractivity contribution in [3.05, 3.63) is 27.7 Å². The summed E-state index contributed by atoms with van der Waals surface area (Å²) < 4.78 is 1.03. The van der Waals surface area contributed by atoms with Gasteiger partial charge in [-0.05, 0) is 49.9 Å². The van der Waals surface area contributed by atoms with E-state index in [-0.39, 0.29) is 11.7 Å². The molecule has 19 heavy (non-hydrogen) atoms. The van der Waals surface area contributed by atoms with Gasteiger partial charge in [0.15, 0.2) is 5.84 Å². The maximum absolute atomic E-state index is 12.2. The van der Waals surface area contributed by atoms with Gasteiger partial charge in [-0.1, -0.05) is 21.1 Å². The van der Waals surface area contributed by atoms with Crippen LogP contribution < -0.4 is 11.1 Å². The van der Waals surface area contributed by atoms with Crippen LogP contribution in [0.15, 0.2) is 21.8 Å². The highest BCUT2D eigenvalue weighted by Crippen LogP contribution is 2.46. The van der Waals surface area contributed by atoms with Crippen molar-refractivity contribution in [3.8, 4) is 0 Å². The van der Waals surface area contributed by atoms with E-state index < -0.39 is 5.41 Å². The Morgan fingerprint density at radius 2 is 1.95 bits per heavy atom. The van der Waals surface area contributed by atoms with E-state index in [4.69, 9.17) is 10.9 Å². The lowest BCUT2D eigenvalue weighted by molar-refractivity contribution is -0.119. The molecule has 1 saturated carbocycles. The van der Waals surface area contributed by atoms with Crippen LogP contribution in [0.25, 0.3) is 0 Å². The third kappa shape index (κ3) is 2.45. The molecule has 0 saturated heterocycles. The summed E-state index contributed by atoms with van der Waals surface area (Å²) in [6, 6.07) is 3.77. The maximum Gasteiger partial charge on any atom is 0.238 e. The molecular weight excluding hydrogens is 310 g/mol. The Balaban J connectivity index is 2.21. The van der Waals surface area contributed by atoms with Gasteiger partial charge in [0.1, 0.15) is 5.41 Å². The number of carbonyl (C=O) groups is 1. The fourth-order valence-electron chi connectivity index (χ4n) is 2.09. The lowest BCUT2D eigenvalue weighted by Crippen LogP contribution is -2.36. The molecule has 0 aliphatic heterocycles. The minimum atomic E-state index is -0.830. The van der Waals surface area contributed by atoms with Gasteiger partial charge >= 0.3 is 0 Å². The van der Waals surface area contributed by atoms with Crippen molar-refractivity contribution >= 4 is 33.4 Å². The monoisotopic (exact) mass is 325 g/mol. The highest BCUT2D eigenvalue weighted by atomic mass is 79.9. The Labute approximate surface area is 120 Å². The van der Waals surface area contributed by atoms with Gasteiger partial charge in [0.25, 0.3) is 0 Å². The average Bonchev–Trinajstić information content (AvgIpc) is 3.16. The number of amides is 1. The first-order valence-corrected chi connectivity index (χ1v) is 6.76. The molecule has 0 unspecified atom stereocenters. The largest absolute Gasteiger partial charge is 0.409 e.